The highest BCUT2D eigenvalue weighted by atomic mass is 28.3. The van der Waals surface area contributed by atoms with Crippen LogP contribution in [-0.2, 0) is 0 Å². The number of nitrogens with zero attached hydrogens (tertiary/aromatic N) is 2. The van der Waals surface area contributed by atoms with Gasteiger partial charge in [-0.1, -0.05) is 232 Å². The molecule has 0 radical (unpaired) electrons. The van der Waals surface area contributed by atoms with Crippen LogP contribution in [-0.4, -0.2) is 8.07 Å². The Morgan fingerprint density at radius 1 is 0.261 bits per heavy atom. The normalized spacial score (nSPS) is 12.4. The molecule has 0 aromatic heterocycles. The van der Waals surface area contributed by atoms with Gasteiger partial charge in [0.2, 0.25) is 0 Å². The van der Waals surface area contributed by atoms with Crippen molar-refractivity contribution in [2.45, 2.75) is 25.9 Å². The summed E-state index contributed by atoms with van der Waals surface area (Å²) in [5, 5.41) is 2.96. The summed E-state index contributed by atoms with van der Waals surface area (Å²) in [5.74, 6) is 0. The lowest BCUT2D eigenvalue weighted by molar-refractivity contribution is 1.26. The third kappa shape index (κ3) is 8.32. The maximum absolute atomic E-state index is 2.48. The second kappa shape index (κ2) is 19.2. The Bertz CT molecular complexity index is 2950. The van der Waals surface area contributed by atoms with E-state index in [1.807, 2.05) is 0 Å². The fourth-order valence-electron chi connectivity index (χ4n) is 10.6. The Morgan fingerprint density at radius 3 is 0.754 bits per heavy atom. The van der Waals surface area contributed by atoms with Crippen molar-refractivity contribution in [2.75, 3.05) is 9.80 Å². The van der Waals surface area contributed by atoms with Gasteiger partial charge >= 0.3 is 0 Å². The smallest absolute Gasteiger partial charge is 0.119 e. The van der Waals surface area contributed by atoms with Crippen molar-refractivity contribution in [3.63, 3.8) is 0 Å². The minimum Gasteiger partial charge on any atom is -0.310 e. The van der Waals surface area contributed by atoms with E-state index in [4.69, 9.17) is 0 Å². The SMILES string of the molecule is CC[Si]1(CC)c2cccc(N(c3ccc(-c4ccccc4)cc3)c3ccc(-c4ccccc4)cc3)c2C=Cc2c(N(c3ccc(-c4ccccc4)cc3)c3ccc(-c4ccccc4)cc3)cccc21. The minimum atomic E-state index is -2.41. The molecule has 0 amide bonds. The standard InChI is InChI=1S/C66H54N2Si/c1-3-69(4-2)65-29-17-27-63(67(57-39-31-53(32-40-57)49-19-9-5-10-20-49)58-41-33-54(34-42-58)50-21-11-6-12-22-50)61(65)47-48-62-64(28-18-30-66(62)69)68(59-43-35-55(36-44-59)51-23-13-7-14-24-51)60-45-37-56(38-46-60)52-25-15-8-16-26-52/h5-48H,3-4H2,1-2H3. The second-order valence-corrected chi connectivity index (χ2v) is 22.6. The molecule has 0 aliphatic carbocycles. The van der Waals surface area contributed by atoms with Gasteiger partial charge in [-0.2, -0.15) is 0 Å². The molecule has 11 rings (SSSR count). The molecule has 10 aromatic carbocycles. The molecule has 1 heterocycles. The summed E-state index contributed by atoms with van der Waals surface area (Å²) in [6.45, 7) is 4.86. The maximum Gasteiger partial charge on any atom is 0.119 e. The molecule has 0 saturated carbocycles. The van der Waals surface area contributed by atoms with E-state index < -0.39 is 8.07 Å². The topological polar surface area (TPSA) is 6.48 Å². The maximum atomic E-state index is 2.48. The predicted octanol–water partition coefficient (Wildman–Crippen LogP) is 17.4. The molecule has 2 nitrogen and oxygen atoms in total. The summed E-state index contributed by atoms with van der Waals surface area (Å²) in [7, 11) is -2.41. The largest absolute Gasteiger partial charge is 0.310 e. The fourth-order valence-corrected chi connectivity index (χ4v) is 15.2. The Labute approximate surface area is 408 Å². The molecule has 1 aliphatic heterocycles. The monoisotopic (exact) mass is 902 g/mol. The minimum absolute atomic E-state index is 1.08. The van der Waals surface area contributed by atoms with Crippen molar-refractivity contribution in [1.29, 1.82) is 0 Å². The van der Waals surface area contributed by atoms with Crippen molar-refractivity contribution < 1.29 is 0 Å². The number of fused-ring (bicyclic) bond motifs is 2. The van der Waals surface area contributed by atoms with Gasteiger partial charge in [0.15, 0.2) is 0 Å². The summed E-state index contributed by atoms with van der Waals surface area (Å²) in [6, 6.07) is 95.4. The zero-order valence-electron chi connectivity index (χ0n) is 39.2. The van der Waals surface area contributed by atoms with E-state index in [1.54, 1.807) is 0 Å². The van der Waals surface area contributed by atoms with Crippen LogP contribution in [0.4, 0.5) is 34.1 Å². The summed E-state index contributed by atoms with van der Waals surface area (Å²) in [4.78, 5) is 4.95. The van der Waals surface area contributed by atoms with Gasteiger partial charge in [0.1, 0.15) is 8.07 Å². The zero-order chi connectivity index (χ0) is 46.6. The highest BCUT2D eigenvalue weighted by Crippen LogP contribution is 2.44. The van der Waals surface area contributed by atoms with Crippen LogP contribution in [0.25, 0.3) is 56.7 Å². The van der Waals surface area contributed by atoms with Crippen molar-refractivity contribution >= 4 is 64.7 Å². The van der Waals surface area contributed by atoms with Crippen LogP contribution in [0.15, 0.2) is 255 Å². The number of benzene rings is 10. The van der Waals surface area contributed by atoms with Crippen LogP contribution in [0, 0.1) is 0 Å². The van der Waals surface area contributed by atoms with Crippen LogP contribution in [0.3, 0.4) is 0 Å². The lowest BCUT2D eigenvalue weighted by Crippen LogP contribution is -2.58. The van der Waals surface area contributed by atoms with Crippen LogP contribution in [0.5, 0.6) is 0 Å². The van der Waals surface area contributed by atoms with Crippen LogP contribution >= 0.6 is 0 Å². The molecule has 0 saturated heterocycles. The van der Waals surface area contributed by atoms with Crippen molar-refractivity contribution in [3.05, 3.63) is 266 Å². The van der Waals surface area contributed by atoms with E-state index in [2.05, 4.69) is 291 Å². The molecule has 0 bridgehead atoms. The number of hydrogen-bond donors (Lipinski definition) is 0. The average Bonchev–Trinajstić information content (AvgIpc) is 3.58. The lowest BCUT2D eigenvalue weighted by Gasteiger charge is -2.36. The Balaban J connectivity index is 1.08. The fraction of sp³-hybridized carbons (Fsp3) is 0.0606. The van der Waals surface area contributed by atoms with Crippen molar-refractivity contribution in [1.82, 2.24) is 0 Å². The van der Waals surface area contributed by atoms with E-state index in [1.165, 1.54) is 77.4 Å². The van der Waals surface area contributed by atoms with E-state index in [-0.39, 0.29) is 0 Å². The molecule has 3 heteroatoms. The van der Waals surface area contributed by atoms with Gasteiger partial charge in [0.25, 0.3) is 0 Å². The first-order chi connectivity index (χ1) is 34.1. The number of anilines is 6. The summed E-state index contributed by atoms with van der Waals surface area (Å²) >= 11 is 0. The van der Waals surface area contributed by atoms with Gasteiger partial charge in [-0.15, -0.1) is 0 Å². The van der Waals surface area contributed by atoms with Gasteiger partial charge in [0.05, 0.1) is 11.4 Å². The third-order valence-electron chi connectivity index (χ3n) is 14.2. The number of hydrogen-bond acceptors (Lipinski definition) is 2. The van der Waals surface area contributed by atoms with Crippen LogP contribution in [0.2, 0.25) is 12.1 Å². The van der Waals surface area contributed by atoms with Gasteiger partial charge in [-0.05, 0) is 127 Å². The highest BCUT2D eigenvalue weighted by molar-refractivity contribution is 7.03. The van der Waals surface area contributed by atoms with Crippen LogP contribution in [0.1, 0.15) is 25.0 Å². The molecule has 332 valence electrons. The second-order valence-electron chi connectivity index (χ2n) is 17.9. The first-order valence-corrected chi connectivity index (χ1v) is 26.7. The van der Waals surface area contributed by atoms with E-state index >= 15 is 0 Å². The molecule has 10 aromatic rings. The van der Waals surface area contributed by atoms with E-state index in [0.29, 0.717) is 0 Å². The number of rotatable bonds is 12. The Hall–Kier alpha value is -8.24. The predicted molar refractivity (Wildman–Crippen MR) is 299 cm³/mol. The van der Waals surface area contributed by atoms with Gasteiger partial charge in [-0.3, -0.25) is 0 Å². The first kappa shape index (κ1) is 43.3. The molecule has 0 spiro atoms. The summed E-state index contributed by atoms with van der Waals surface area (Å²) < 4.78 is 0. The van der Waals surface area contributed by atoms with E-state index in [0.717, 1.165) is 34.8 Å². The molecule has 0 fully saturated rings. The Morgan fingerprint density at radius 2 is 0.507 bits per heavy atom. The highest BCUT2D eigenvalue weighted by Gasteiger charge is 2.40. The van der Waals surface area contributed by atoms with Gasteiger partial charge < -0.3 is 9.80 Å². The van der Waals surface area contributed by atoms with Gasteiger partial charge in [0, 0.05) is 22.7 Å². The quantitative estimate of drug-likeness (QED) is 0.113. The van der Waals surface area contributed by atoms with Gasteiger partial charge in [-0.25, -0.2) is 0 Å². The third-order valence-corrected chi connectivity index (χ3v) is 19.6. The van der Waals surface area contributed by atoms with E-state index in [9.17, 15) is 0 Å². The van der Waals surface area contributed by atoms with Crippen molar-refractivity contribution in [2.24, 2.45) is 0 Å². The average molecular weight is 903 g/mol. The molecule has 1 aliphatic rings. The van der Waals surface area contributed by atoms with Crippen molar-refractivity contribution in [3.8, 4) is 44.5 Å². The van der Waals surface area contributed by atoms with Crippen LogP contribution < -0.4 is 20.2 Å². The molecular weight excluding hydrogens is 849 g/mol. The molecule has 0 unspecified atom stereocenters. The summed E-state index contributed by atoms with van der Waals surface area (Å²) in [6.07, 6.45) is 4.87. The lowest BCUT2D eigenvalue weighted by atomic mass is 10.0. The zero-order valence-corrected chi connectivity index (χ0v) is 40.2. The molecular formula is C66H54N2Si. The molecule has 69 heavy (non-hydrogen) atoms. The molecule has 0 N–H and O–H groups in total. The first-order valence-electron chi connectivity index (χ1n) is 24.3. The Kier molecular flexibility index (Phi) is 12.0. The molecule has 0 atom stereocenters. The summed E-state index contributed by atoms with van der Waals surface area (Å²) in [5.41, 5.74) is 19.1.